The van der Waals surface area contributed by atoms with Crippen LogP contribution in [0.15, 0.2) is 66.0 Å². The third-order valence-electron chi connectivity index (χ3n) is 5.95. The van der Waals surface area contributed by atoms with E-state index in [1.807, 2.05) is 58.5 Å². The first-order chi connectivity index (χ1) is 16.0. The molecule has 2 aromatic carbocycles. The highest BCUT2D eigenvalue weighted by molar-refractivity contribution is 7.12. The van der Waals surface area contributed by atoms with Crippen molar-refractivity contribution in [2.75, 3.05) is 39.3 Å². The van der Waals surface area contributed by atoms with Crippen LogP contribution in [-0.2, 0) is 6.54 Å². The number of rotatable bonds is 7. The fraction of sp³-hybridized carbons (Fsp3) is 0.308. The number of amides is 2. The molecule has 0 saturated carbocycles. The topological polar surface area (TPSA) is 43.9 Å². The monoisotopic (exact) mass is 465 g/mol. The average Bonchev–Trinajstić information content (AvgIpc) is 3.38. The van der Waals surface area contributed by atoms with Crippen molar-refractivity contribution in [2.24, 2.45) is 0 Å². The molecule has 0 radical (unpaired) electrons. The molecular formula is C26H28FN3O2S. The Labute approximate surface area is 198 Å². The predicted octanol–water partition coefficient (Wildman–Crippen LogP) is 4.30. The second-order valence-corrected chi connectivity index (χ2v) is 9.28. The summed E-state index contributed by atoms with van der Waals surface area (Å²) in [4.78, 5) is 32.5. The molecule has 33 heavy (non-hydrogen) atoms. The first-order valence-corrected chi connectivity index (χ1v) is 12.0. The number of carbonyl (C=O) groups excluding carboxylic acids is 2. The zero-order chi connectivity index (χ0) is 23.2. The fourth-order valence-electron chi connectivity index (χ4n) is 3.93. The van der Waals surface area contributed by atoms with Gasteiger partial charge in [0.15, 0.2) is 0 Å². The summed E-state index contributed by atoms with van der Waals surface area (Å²) in [5.74, 6) is -0.226. The lowest BCUT2D eigenvalue weighted by Crippen LogP contribution is -2.50. The first-order valence-electron chi connectivity index (χ1n) is 11.1. The van der Waals surface area contributed by atoms with Gasteiger partial charge < -0.3 is 9.80 Å². The van der Waals surface area contributed by atoms with Crippen LogP contribution >= 0.6 is 11.3 Å². The van der Waals surface area contributed by atoms with E-state index in [-0.39, 0.29) is 17.6 Å². The van der Waals surface area contributed by atoms with Crippen LogP contribution in [0.1, 0.15) is 31.2 Å². The Hall–Kier alpha value is -3.03. The summed E-state index contributed by atoms with van der Waals surface area (Å²) in [7, 11) is 0. The molecule has 0 N–H and O–H groups in total. The molecule has 1 aromatic heterocycles. The highest BCUT2D eigenvalue weighted by atomic mass is 32.1. The Bertz CT molecular complexity index is 1060. The van der Waals surface area contributed by atoms with E-state index in [1.165, 1.54) is 23.5 Å². The lowest BCUT2D eigenvalue weighted by atomic mass is 10.1. The van der Waals surface area contributed by atoms with Gasteiger partial charge in [-0.2, -0.15) is 0 Å². The van der Waals surface area contributed by atoms with Crippen molar-refractivity contribution >= 4 is 23.2 Å². The van der Waals surface area contributed by atoms with E-state index in [0.29, 0.717) is 31.1 Å². The highest BCUT2D eigenvalue weighted by Crippen LogP contribution is 2.16. The number of nitrogens with zero attached hydrogens (tertiary/aromatic N) is 3. The zero-order valence-corrected chi connectivity index (χ0v) is 19.6. The summed E-state index contributed by atoms with van der Waals surface area (Å²) in [6, 6.07) is 17.7. The molecule has 172 valence electrons. The Balaban J connectivity index is 1.34. The summed E-state index contributed by atoms with van der Waals surface area (Å²) in [6.45, 7) is 6.63. The normalized spacial score (nSPS) is 14.3. The van der Waals surface area contributed by atoms with E-state index in [4.69, 9.17) is 0 Å². The second kappa shape index (κ2) is 10.7. The summed E-state index contributed by atoms with van der Waals surface area (Å²) in [5.41, 5.74) is 2.76. The molecule has 0 aliphatic carbocycles. The molecule has 4 rings (SSSR count). The molecule has 0 spiro atoms. The van der Waals surface area contributed by atoms with Gasteiger partial charge in [-0.15, -0.1) is 11.3 Å². The standard InChI is InChI=1S/C26H28FN3O2S/c1-20-4-8-22(9-5-20)25(31)29-15-12-28(13-16-29)14-17-30(26(32)24-3-2-18-33-24)19-21-6-10-23(27)11-7-21/h2-11,18H,12-17,19H2,1H3. The van der Waals surface area contributed by atoms with Gasteiger partial charge >= 0.3 is 0 Å². The van der Waals surface area contributed by atoms with Crippen molar-refractivity contribution in [3.63, 3.8) is 0 Å². The molecule has 1 saturated heterocycles. The Morgan fingerprint density at radius 2 is 1.67 bits per heavy atom. The second-order valence-electron chi connectivity index (χ2n) is 8.33. The van der Waals surface area contributed by atoms with Gasteiger partial charge in [-0.25, -0.2) is 4.39 Å². The van der Waals surface area contributed by atoms with Crippen LogP contribution in [0.5, 0.6) is 0 Å². The van der Waals surface area contributed by atoms with Gasteiger partial charge in [-0.1, -0.05) is 35.9 Å². The van der Waals surface area contributed by atoms with E-state index < -0.39 is 0 Å². The predicted molar refractivity (Wildman–Crippen MR) is 129 cm³/mol. The smallest absolute Gasteiger partial charge is 0.264 e. The minimum Gasteiger partial charge on any atom is -0.336 e. The Morgan fingerprint density at radius 3 is 2.30 bits per heavy atom. The van der Waals surface area contributed by atoms with E-state index in [1.54, 1.807) is 12.1 Å². The first kappa shape index (κ1) is 23.1. The average molecular weight is 466 g/mol. The molecule has 2 heterocycles. The maximum Gasteiger partial charge on any atom is 0.264 e. The minimum absolute atomic E-state index is 0.0116. The quantitative estimate of drug-likeness (QED) is 0.523. The fourth-order valence-corrected chi connectivity index (χ4v) is 4.62. The van der Waals surface area contributed by atoms with E-state index in [2.05, 4.69) is 4.90 Å². The van der Waals surface area contributed by atoms with Crippen LogP contribution < -0.4 is 0 Å². The number of thiophene rings is 1. The molecular weight excluding hydrogens is 437 g/mol. The van der Waals surface area contributed by atoms with Gasteiger partial charge in [0.25, 0.3) is 11.8 Å². The summed E-state index contributed by atoms with van der Waals surface area (Å²) >= 11 is 1.43. The molecule has 0 unspecified atom stereocenters. The molecule has 7 heteroatoms. The number of aryl methyl sites for hydroxylation is 1. The van der Waals surface area contributed by atoms with Crippen LogP contribution in [0.25, 0.3) is 0 Å². The van der Waals surface area contributed by atoms with Crippen LogP contribution in [0, 0.1) is 12.7 Å². The van der Waals surface area contributed by atoms with Crippen molar-refractivity contribution in [3.05, 3.63) is 93.4 Å². The largest absolute Gasteiger partial charge is 0.336 e. The lowest BCUT2D eigenvalue weighted by Gasteiger charge is -2.36. The van der Waals surface area contributed by atoms with Gasteiger partial charge in [-0.3, -0.25) is 14.5 Å². The van der Waals surface area contributed by atoms with Gasteiger partial charge in [0, 0.05) is 51.4 Å². The Morgan fingerprint density at radius 1 is 0.970 bits per heavy atom. The molecule has 1 fully saturated rings. The zero-order valence-electron chi connectivity index (χ0n) is 18.7. The summed E-state index contributed by atoms with van der Waals surface area (Å²) < 4.78 is 13.3. The molecule has 5 nitrogen and oxygen atoms in total. The number of benzene rings is 2. The molecule has 0 atom stereocenters. The van der Waals surface area contributed by atoms with Crippen molar-refractivity contribution in [1.29, 1.82) is 0 Å². The number of halogens is 1. The van der Waals surface area contributed by atoms with Crippen LogP contribution in [0.3, 0.4) is 0 Å². The molecule has 2 amide bonds. The summed E-state index contributed by atoms with van der Waals surface area (Å²) in [6.07, 6.45) is 0. The van der Waals surface area contributed by atoms with Crippen LogP contribution in [0.2, 0.25) is 0 Å². The van der Waals surface area contributed by atoms with Gasteiger partial charge in [0.05, 0.1) is 4.88 Å². The molecule has 0 bridgehead atoms. The van der Waals surface area contributed by atoms with E-state index in [0.717, 1.165) is 36.3 Å². The van der Waals surface area contributed by atoms with Crippen molar-refractivity contribution in [2.45, 2.75) is 13.5 Å². The van der Waals surface area contributed by atoms with Crippen molar-refractivity contribution in [1.82, 2.24) is 14.7 Å². The summed E-state index contributed by atoms with van der Waals surface area (Å²) in [5, 5.41) is 1.90. The van der Waals surface area contributed by atoms with Crippen molar-refractivity contribution in [3.8, 4) is 0 Å². The van der Waals surface area contributed by atoms with Gasteiger partial charge in [0.2, 0.25) is 0 Å². The molecule has 1 aliphatic heterocycles. The number of piperazine rings is 1. The van der Waals surface area contributed by atoms with Crippen LogP contribution in [0.4, 0.5) is 4.39 Å². The SMILES string of the molecule is Cc1ccc(C(=O)N2CCN(CCN(Cc3ccc(F)cc3)C(=O)c3cccs3)CC2)cc1. The maximum absolute atomic E-state index is 13.3. The minimum atomic E-state index is -0.284. The van der Waals surface area contributed by atoms with E-state index >= 15 is 0 Å². The number of hydrogen-bond acceptors (Lipinski definition) is 4. The third-order valence-corrected chi connectivity index (χ3v) is 6.81. The van der Waals surface area contributed by atoms with Crippen LogP contribution in [-0.4, -0.2) is 65.8 Å². The third kappa shape index (κ3) is 6.06. The van der Waals surface area contributed by atoms with Gasteiger partial charge in [-0.05, 0) is 48.2 Å². The molecule has 1 aliphatic rings. The highest BCUT2D eigenvalue weighted by Gasteiger charge is 2.24. The number of hydrogen-bond donors (Lipinski definition) is 0. The Kier molecular flexibility index (Phi) is 7.52. The van der Waals surface area contributed by atoms with E-state index in [9.17, 15) is 14.0 Å². The lowest BCUT2D eigenvalue weighted by molar-refractivity contribution is 0.0600. The molecule has 3 aromatic rings. The van der Waals surface area contributed by atoms with Crippen molar-refractivity contribution < 1.29 is 14.0 Å². The van der Waals surface area contributed by atoms with Gasteiger partial charge in [0.1, 0.15) is 5.82 Å². The number of carbonyl (C=O) groups is 2. The maximum atomic E-state index is 13.3.